The Morgan fingerprint density at radius 3 is 2.62 bits per heavy atom. The lowest BCUT2D eigenvalue weighted by molar-refractivity contribution is 0.0729. The van der Waals surface area contributed by atoms with Crippen molar-refractivity contribution in [2.75, 3.05) is 36.9 Å². The van der Waals surface area contributed by atoms with Crippen molar-refractivity contribution in [1.29, 1.82) is 0 Å². The highest BCUT2D eigenvalue weighted by molar-refractivity contribution is 5.87. The van der Waals surface area contributed by atoms with Gasteiger partial charge in [0.25, 0.3) is 0 Å². The number of carbonyl (C=O) groups excluding carboxylic acids is 1. The summed E-state index contributed by atoms with van der Waals surface area (Å²) in [5.74, 6) is 0. The Balaban J connectivity index is 2.15. The molecule has 2 atom stereocenters. The van der Waals surface area contributed by atoms with Gasteiger partial charge in [-0.05, 0) is 37.9 Å². The summed E-state index contributed by atoms with van der Waals surface area (Å²) < 4.78 is 14.0. The number of hydrogen-bond donors (Lipinski definition) is 3. The lowest BCUT2D eigenvalue weighted by Crippen LogP contribution is -2.61. The first-order valence-corrected chi connectivity index (χ1v) is 7.02. The fraction of sp³-hybridized carbons (Fsp3) is 0.500. The van der Waals surface area contributed by atoms with E-state index in [4.69, 9.17) is 5.73 Å². The molecule has 0 saturated carbocycles. The molecule has 2 amide bonds. The van der Waals surface area contributed by atoms with Crippen LogP contribution in [-0.4, -0.2) is 50.1 Å². The molecule has 6 nitrogen and oxygen atoms in total. The zero-order chi connectivity index (χ0) is 15.4. The Hall–Kier alpha value is -1.86. The molecule has 7 heteroatoms. The van der Waals surface area contributed by atoms with Crippen molar-refractivity contribution in [3.8, 4) is 0 Å². The van der Waals surface area contributed by atoms with Gasteiger partial charge in [-0.25, -0.2) is 9.18 Å². The second kappa shape index (κ2) is 6.73. The number of primary amides is 1. The average Bonchev–Trinajstić information content (AvgIpc) is 2.43. The zero-order valence-electron chi connectivity index (χ0n) is 12.3. The van der Waals surface area contributed by atoms with Crippen molar-refractivity contribution in [2.45, 2.75) is 19.4 Å². The summed E-state index contributed by atoms with van der Waals surface area (Å²) >= 11 is 0. The number of nitrogens with one attached hydrogen (secondary N) is 2. The van der Waals surface area contributed by atoms with Crippen LogP contribution in [0.15, 0.2) is 24.3 Å². The number of benzene rings is 1. The van der Waals surface area contributed by atoms with Crippen LogP contribution in [0.3, 0.4) is 0 Å². The minimum absolute atomic E-state index is 0.0574. The summed E-state index contributed by atoms with van der Waals surface area (Å²) in [5.41, 5.74) is 6.61. The summed E-state index contributed by atoms with van der Waals surface area (Å²) in [7, 11) is 1.78. The molecule has 1 heterocycles. The van der Waals surface area contributed by atoms with Crippen LogP contribution < -0.4 is 21.3 Å². The van der Waals surface area contributed by atoms with Crippen molar-refractivity contribution in [3.63, 3.8) is 0 Å². The van der Waals surface area contributed by atoms with Crippen LogP contribution in [-0.2, 0) is 0 Å². The number of anilines is 2. The van der Waals surface area contributed by atoms with Crippen molar-refractivity contribution in [2.24, 2.45) is 5.73 Å². The molecule has 1 saturated heterocycles. The van der Waals surface area contributed by atoms with E-state index in [9.17, 15) is 9.18 Å². The van der Waals surface area contributed by atoms with E-state index in [1.54, 1.807) is 24.1 Å². The maximum absolute atomic E-state index is 14.0. The molecule has 1 fully saturated rings. The number of nitrogens with two attached hydrogens (primary N) is 1. The molecule has 4 N–H and O–H groups in total. The Bertz CT molecular complexity index is 481. The minimum Gasteiger partial charge on any atom is -0.351 e. The zero-order valence-corrected chi connectivity index (χ0v) is 12.3. The molecule has 1 aromatic carbocycles. The fourth-order valence-corrected chi connectivity index (χ4v) is 2.49. The number of piperazine rings is 1. The molecule has 2 rings (SSSR count). The van der Waals surface area contributed by atoms with Crippen LogP contribution in [0.4, 0.5) is 20.6 Å². The Morgan fingerprint density at radius 1 is 1.38 bits per heavy atom. The van der Waals surface area contributed by atoms with E-state index in [-0.39, 0.29) is 6.17 Å². The minimum atomic E-state index is -0.997. The number of halogens is 1. The number of amides is 2. The summed E-state index contributed by atoms with van der Waals surface area (Å²) in [5, 5.41) is 5.87. The third-order valence-electron chi connectivity index (χ3n) is 3.57. The van der Waals surface area contributed by atoms with Gasteiger partial charge in [0.15, 0.2) is 6.30 Å². The van der Waals surface area contributed by atoms with Crippen LogP contribution in [0, 0.1) is 0 Å². The van der Waals surface area contributed by atoms with Crippen molar-refractivity contribution in [1.82, 2.24) is 10.2 Å². The van der Waals surface area contributed by atoms with Crippen LogP contribution in [0.5, 0.6) is 0 Å². The van der Waals surface area contributed by atoms with Gasteiger partial charge in [0.05, 0.1) is 12.7 Å². The first kappa shape index (κ1) is 15.5. The molecule has 0 spiro atoms. The molecule has 21 heavy (non-hydrogen) atoms. The summed E-state index contributed by atoms with van der Waals surface area (Å²) in [6, 6.07) is 6.63. The summed E-state index contributed by atoms with van der Waals surface area (Å²) in [6.45, 7) is 3.75. The van der Waals surface area contributed by atoms with Gasteiger partial charge < -0.3 is 16.0 Å². The third-order valence-corrected chi connectivity index (χ3v) is 3.57. The molecule has 116 valence electrons. The molecule has 1 aromatic rings. The van der Waals surface area contributed by atoms with Crippen LogP contribution in [0.25, 0.3) is 0 Å². The Morgan fingerprint density at radius 2 is 2.05 bits per heavy atom. The van der Waals surface area contributed by atoms with Gasteiger partial charge in [0, 0.05) is 17.9 Å². The van der Waals surface area contributed by atoms with E-state index in [1.165, 1.54) is 0 Å². The SMILES string of the molecule is CCNC1CN(C)C(F)CN1c1ccc(NC(N)=O)cc1. The van der Waals surface area contributed by atoms with Crippen LogP contribution in [0.2, 0.25) is 0 Å². The summed E-state index contributed by atoms with van der Waals surface area (Å²) in [6.07, 6.45) is -0.940. The van der Waals surface area contributed by atoms with Crippen molar-refractivity contribution < 1.29 is 9.18 Å². The van der Waals surface area contributed by atoms with E-state index in [1.807, 2.05) is 24.0 Å². The molecule has 0 aliphatic carbocycles. The highest BCUT2D eigenvalue weighted by atomic mass is 19.1. The highest BCUT2D eigenvalue weighted by Gasteiger charge is 2.31. The molecular formula is C14H22FN5O. The number of urea groups is 1. The first-order valence-electron chi connectivity index (χ1n) is 7.02. The molecule has 0 bridgehead atoms. The van der Waals surface area contributed by atoms with Gasteiger partial charge >= 0.3 is 6.03 Å². The molecule has 0 aromatic heterocycles. The fourth-order valence-electron chi connectivity index (χ4n) is 2.49. The number of rotatable bonds is 4. The van der Waals surface area contributed by atoms with Crippen molar-refractivity contribution >= 4 is 17.4 Å². The molecule has 1 aliphatic rings. The Kier molecular flexibility index (Phi) is 4.98. The van der Waals surface area contributed by atoms with Gasteiger partial charge in [0.1, 0.15) is 0 Å². The second-order valence-electron chi connectivity index (χ2n) is 5.14. The summed E-state index contributed by atoms with van der Waals surface area (Å²) in [4.78, 5) is 14.5. The van der Waals surface area contributed by atoms with Crippen molar-refractivity contribution in [3.05, 3.63) is 24.3 Å². The number of alkyl halides is 1. The van der Waals surface area contributed by atoms with Crippen LogP contribution >= 0.6 is 0 Å². The van der Waals surface area contributed by atoms with E-state index in [0.717, 1.165) is 12.2 Å². The predicted molar refractivity (Wildman–Crippen MR) is 82.0 cm³/mol. The maximum atomic E-state index is 14.0. The normalized spacial score (nSPS) is 23.1. The molecule has 1 aliphatic heterocycles. The second-order valence-corrected chi connectivity index (χ2v) is 5.14. The molecule has 2 unspecified atom stereocenters. The average molecular weight is 295 g/mol. The number of nitrogens with zero attached hydrogens (tertiary/aromatic N) is 2. The smallest absolute Gasteiger partial charge is 0.316 e. The monoisotopic (exact) mass is 295 g/mol. The largest absolute Gasteiger partial charge is 0.351 e. The lowest BCUT2D eigenvalue weighted by atomic mass is 10.2. The number of carbonyl (C=O) groups is 1. The number of hydrogen-bond acceptors (Lipinski definition) is 4. The van der Waals surface area contributed by atoms with Gasteiger partial charge in [-0.1, -0.05) is 6.92 Å². The predicted octanol–water partition coefficient (Wildman–Crippen LogP) is 1.16. The standard InChI is InChI=1S/C14H22FN5O/c1-3-17-13-9-19(2)12(15)8-20(13)11-6-4-10(5-7-11)18-14(16)21/h4-7,12-13,17H,3,8-9H2,1-2H3,(H3,16,18,21). The third kappa shape index (κ3) is 3.83. The lowest BCUT2D eigenvalue weighted by Gasteiger charge is -2.43. The maximum Gasteiger partial charge on any atom is 0.316 e. The van der Waals surface area contributed by atoms with Gasteiger partial charge in [-0.15, -0.1) is 0 Å². The quantitative estimate of drug-likeness (QED) is 0.729. The van der Waals surface area contributed by atoms with E-state index in [2.05, 4.69) is 10.6 Å². The van der Waals surface area contributed by atoms with Gasteiger partial charge in [0.2, 0.25) is 0 Å². The van der Waals surface area contributed by atoms with E-state index in [0.29, 0.717) is 18.8 Å². The topological polar surface area (TPSA) is 73.6 Å². The van der Waals surface area contributed by atoms with Gasteiger partial charge in [-0.2, -0.15) is 0 Å². The molecular weight excluding hydrogens is 273 g/mol. The highest BCUT2D eigenvalue weighted by Crippen LogP contribution is 2.24. The first-order chi connectivity index (χ1) is 10.0. The van der Waals surface area contributed by atoms with Crippen LogP contribution in [0.1, 0.15) is 6.92 Å². The van der Waals surface area contributed by atoms with E-state index >= 15 is 0 Å². The Labute approximate surface area is 124 Å². The van der Waals surface area contributed by atoms with Gasteiger partial charge in [-0.3, -0.25) is 10.2 Å². The molecule has 0 radical (unpaired) electrons. The number of likely N-dealkylation sites (N-methyl/N-ethyl adjacent to an activating group) is 2. The van der Waals surface area contributed by atoms with E-state index < -0.39 is 12.3 Å².